The van der Waals surface area contributed by atoms with E-state index in [0.29, 0.717) is 0 Å². The van der Waals surface area contributed by atoms with Crippen molar-refractivity contribution in [2.24, 2.45) is 0 Å². The Morgan fingerprint density at radius 2 is 2.00 bits per heavy atom. The Hall–Kier alpha value is 0.168. The van der Waals surface area contributed by atoms with Crippen molar-refractivity contribution in [3.05, 3.63) is 24.8 Å². The molecule has 0 unspecified atom stereocenters. The summed E-state index contributed by atoms with van der Waals surface area (Å²) in [6, 6.07) is 0. The molecule has 0 aliphatic heterocycles. The third kappa shape index (κ3) is 8.90. The molecule has 0 atom stereocenters. The predicted octanol–water partition coefficient (Wildman–Crippen LogP) is 1.55. The number of rotatable bonds is 1. The summed E-state index contributed by atoms with van der Waals surface area (Å²) >= 11 is 0. The van der Waals surface area contributed by atoms with Crippen molar-refractivity contribution in [2.75, 3.05) is 0 Å². The van der Waals surface area contributed by atoms with Crippen LogP contribution in [-0.2, 0) is 21.1 Å². The maximum atomic E-state index is 4.93. The molecular formula is C5H7Mo-. The first-order valence-electron chi connectivity index (χ1n) is 1.58. The summed E-state index contributed by atoms with van der Waals surface area (Å²) in [6.07, 6.45) is 5.15. The van der Waals surface area contributed by atoms with Crippen molar-refractivity contribution in [3.63, 3.8) is 0 Å². The van der Waals surface area contributed by atoms with E-state index in [-0.39, 0.29) is 21.1 Å². The van der Waals surface area contributed by atoms with Gasteiger partial charge in [-0.1, -0.05) is 6.92 Å². The zero-order valence-electron chi connectivity index (χ0n) is 3.72. The normalized spacial score (nSPS) is 7.50. The van der Waals surface area contributed by atoms with Crippen LogP contribution in [0.3, 0.4) is 0 Å². The Morgan fingerprint density at radius 1 is 1.50 bits per heavy atom. The fraction of sp³-hybridized carbons (Fsp3) is 0.200. The third-order valence-electron chi connectivity index (χ3n) is 0.304. The SMILES string of the molecule is [CH-]=C/C=C/C.[Mo]. The number of allylic oxidation sites excluding steroid dienone is 3. The van der Waals surface area contributed by atoms with Crippen LogP contribution in [0.2, 0.25) is 0 Å². The van der Waals surface area contributed by atoms with Crippen molar-refractivity contribution >= 4 is 0 Å². The molecule has 0 saturated carbocycles. The zero-order chi connectivity index (χ0) is 4.12. The Bertz CT molecular complexity index is 45.9. The molecule has 0 N–H and O–H groups in total. The first kappa shape index (κ1) is 9.48. The number of hydrogen-bond acceptors (Lipinski definition) is 0. The second-order valence-electron chi connectivity index (χ2n) is 0.718. The minimum atomic E-state index is 0. The first-order chi connectivity index (χ1) is 2.41. The van der Waals surface area contributed by atoms with Gasteiger partial charge in [-0.25, -0.2) is 12.2 Å². The van der Waals surface area contributed by atoms with E-state index in [1.165, 1.54) is 6.08 Å². The summed E-state index contributed by atoms with van der Waals surface area (Å²) in [4.78, 5) is 0. The molecular weight excluding hydrogens is 156 g/mol. The molecule has 0 bridgehead atoms. The molecule has 0 aliphatic carbocycles. The summed E-state index contributed by atoms with van der Waals surface area (Å²) in [5, 5.41) is 0. The molecule has 0 fully saturated rings. The molecule has 1 heteroatoms. The van der Waals surface area contributed by atoms with Crippen LogP contribution in [0, 0.1) is 6.58 Å². The second-order valence-corrected chi connectivity index (χ2v) is 0.718. The summed E-state index contributed by atoms with van der Waals surface area (Å²) in [6.45, 7) is 6.85. The van der Waals surface area contributed by atoms with Crippen LogP contribution in [-0.4, -0.2) is 0 Å². The van der Waals surface area contributed by atoms with Gasteiger partial charge in [0.15, 0.2) is 0 Å². The molecule has 0 aromatic rings. The summed E-state index contributed by atoms with van der Waals surface area (Å²) in [5.41, 5.74) is 0. The zero-order valence-corrected chi connectivity index (χ0v) is 5.72. The molecule has 0 heterocycles. The standard InChI is InChI=1S/C5H7.Mo/c1-3-5-4-2;/h1,3-5H,2H3;/q-1;/b5-4+;. The van der Waals surface area contributed by atoms with E-state index >= 15 is 0 Å². The fourth-order valence-corrected chi connectivity index (χ4v) is 0.111. The Labute approximate surface area is 53.2 Å². The quantitative estimate of drug-likeness (QED) is 0.312. The Morgan fingerprint density at radius 3 is 2.00 bits per heavy atom. The van der Waals surface area contributed by atoms with Crippen molar-refractivity contribution < 1.29 is 21.1 Å². The van der Waals surface area contributed by atoms with Crippen molar-refractivity contribution in [2.45, 2.75) is 6.92 Å². The van der Waals surface area contributed by atoms with Gasteiger partial charge in [0.1, 0.15) is 0 Å². The summed E-state index contributed by atoms with van der Waals surface area (Å²) in [5.74, 6) is 0. The van der Waals surface area contributed by atoms with Gasteiger partial charge in [-0.05, 0) is 0 Å². The Balaban J connectivity index is 0. The van der Waals surface area contributed by atoms with Gasteiger partial charge < -0.3 is 0 Å². The van der Waals surface area contributed by atoms with Gasteiger partial charge in [-0.3, -0.25) is 6.58 Å². The van der Waals surface area contributed by atoms with E-state index in [2.05, 4.69) is 0 Å². The molecule has 0 amide bonds. The van der Waals surface area contributed by atoms with Gasteiger partial charge in [0, 0.05) is 21.1 Å². The van der Waals surface area contributed by atoms with Gasteiger partial charge in [-0.2, -0.15) is 6.08 Å². The summed E-state index contributed by atoms with van der Waals surface area (Å²) < 4.78 is 0. The maximum Gasteiger partial charge on any atom is 0 e. The monoisotopic (exact) mass is 165 g/mol. The average molecular weight is 163 g/mol. The maximum absolute atomic E-state index is 4.93. The average Bonchev–Trinajstić information content (AvgIpc) is 1.41. The van der Waals surface area contributed by atoms with Gasteiger partial charge in [0.2, 0.25) is 0 Å². The van der Waals surface area contributed by atoms with Crippen LogP contribution in [0.25, 0.3) is 0 Å². The molecule has 0 aliphatic rings. The predicted molar refractivity (Wildman–Crippen MR) is 23.7 cm³/mol. The van der Waals surface area contributed by atoms with E-state index in [1.54, 1.807) is 6.08 Å². The molecule has 0 saturated heterocycles. The molecule has 0 aromatic carbocycles. The minimum absolute atomic E-state index is 0. The van der Waals surface area contributed by atoms with Crippen molar-refractivity contribution in [1.82, 2.24) is 0 Å². The smallest absolute Gasteiger partial charge is 0 e. The van der Waals surface area contributed by atoms with Gasteiger partial charge >= 0.3 is 0 Å². The van der Waals surface area contributed by atoms with Crippen LogP contribution in [0.15, 0.2) is 18.2 Å². The second kappa shape index (κ2) is 8.95. The van der Waals surface area contributed by atoms with Crippen molar-refractivity contribution in [1.29, 1.82) is 0 Å². The first-order valence-corrected chi connectivity index (χ1v) is 1.58. The van der Waals surface area contributed by atoms with Gasteiger partial charge in [-0.15, -0.1) is 0 Å². The topological polar surface area (TPSA) is 0 Å². The van der Waals surface area contributed by atoms with Gasteiger partial charge in [0.05, 0.1) is 0 Å². The van der Waals surface area contributed by atoms with Crippen LogP contribution in [0.5, 0.6) is 0 Å². The molecule has 0 rings (SSSR count). The van der Waals surface area contributed by atoms with E-state index in [9.17, 15) is 0 Å². The third-order valence-corrected chi connectivity index (χ3v) is 0.304. The molecule has 0 aromatic heterocycles. The van der Waals surface area contributed by atoms with Crippen molar-refractivity contribution in [3.8, 4) is 0 Å². The largest absolute Gasteiger partial charge is 0.293 e. The minimum Gasteiger partial charge on any atom is -0.293 e. The van der Waals surface area contributed by atoms with E-state index in [4.69, 9.17) is 6.58 Å². The van der Waals surface area contributed by atoms with Crippen LogP contribution >= 0.6 is 0 Å². The van der Waals surface area contributed by atoms with Crippen LogP contribution in [0.1, 0.15) is 6.92 Å². The molecule has 0 nitrogen and oxygen atoms in total. The van der Waals surface area contributed by atoms with Gasteiger partial charge in [0.25, 0.3) is 0 Å². The van der Waals surface area contributed by atoms with E-state index in [1.807, 2.05) is 13.0 Å². The van der Waals surface area contributed by atoms with Crippen LogP contribution < -0.4 is 0 Å². The van der Waals surface area contributed by atoms with Crippen LogP contribution in [0.4, 0.5) is 0 Å². The van der Waals surface area contributed by atoms with E-state index < -0.39 is 0 Å². The molecule has 34 valence electrons. The Kier molecular flexibility index (Phi) is 14.1. The fourth-order valence-electron chi connectivity index (χ4n) is 0.111. The summed E-state index contributed by atoms with van der Waals surface area (Å²) in [7, 11) is 0. The molecule has 0 spiro atoms. The van der Waals surface area contributed by atoms with E-state index in [0.717, 1.165) is 0 Å². The number of hydrogen-bond donors (Lipinski definition) is 0. The molecule has 6 heavy (non-hydrogen) atoms. The molecule has 0 radical (unpaired) electrons.